The molecular weight excluding hydrogens is 393 g/mol. The molecule has 0 aliphatic rings. The van der Waals surface area contributed by atoms with Crippen LogP contribution in [0.25, 0.3) is 0 Å². The summed E-state index contributed by atoms with van der Waals surface area (Å²) in [6, 6.07) is -0.506. The van der Waals surface area contributed by atoms with Crippen LogP contribution in [0.15, 0.2) is 21.1 Å². The molecule has 0 bridgehead atoms. The first-order valence-corrected chi connectivity index (χ1v) is 5.95. The molecule has 18 heavy (non-hydrogen) atoms. The van der Waals surface area contributed by atoms with Crippen LogP contribution in [-0.2, 0) is 0 Å². The molecule has 0 unspecified atom stereocenters. The van der Waals surface area contributed by atoms with Gasteiger partial charge in [0, 0.05) is 10.0 Å². The molecule has 0 spiro atoms. The lowest BCUT2D eigenvalue weighted by Crippen LogP contribution is -2.45. The SMILES string of the molecule is N[C@H](c1cc(Br)cc(Br)c1O)C(F)(F)C(F)(F)F. The highest BCUT2D eigenvalue weighted by Gasteiger charge is 2.62. The van der Waals surface area contributed by atoms with Gasteiger partial charge in [-0.1, -0.05) is 15.9 Å². The quantitative estimate of drug-likeness (QED) is 0.736. The predicted octanol–water partition coefficient (Wildman–Crippen LogP) is 4.11. The Morgan fingerprint density at radius 2 is 1.61 bits per heavy atom. The Bertz CT molecular complexity index is 463. The molecule has 1 rings (SSSR count). The van der Waals surface area contributed by atoms with E-state index in [0.717, 1.165) is 6.07 Å². The summed E-state index contributed by atoms with van der Waals surface area (Å²) < 4.78 is 62.8. The van der Waals surface area contributed by atoms with Crippen molar-refractivity contribution in [2.45, 2.75) is 18.1 Å². The molecule has 102 valence electrons. The van der Waals surface area contributed by atoms with Gasteiger partial charge in [-0.3, -0.25) is 0 Å². The molecule has 2 nitrogen and oxygen atoms in total. The number of hydrogen-bond donors (Lipinski definition) is 2. The van der Waals surface area contributed by atoms with Crippen LogP contribution in [0.4, 0.5) is 22.0 Å². The number of hydrogen-bond acceptors (Lipinski definition) is 2. The maximum absolute atomic E-state index is 13.1. The van der Waals surface area contributed by atoms with Crippen molar-refractivity contribution in [3.8, 4) is 5.75 Å². The molecule has 0 saturated carbocycles. The zero-order valence-corrected chi connectivity index (χ0v) is 11.6. The van der Waals surface area contributed by atoms with Crippen LogP contribution in [0.5, 0.6) is 5.75 Å². The Morgan fingerprint density at radius 1 is 1.11 bits per heavy atom. The summed E-state index contributed by atoms with van der Waals surface area (Å²) in [6.45, 7) is 0. The molecule has 1 aromatic rings. The third-order valence-corrected chi connectivity index (χ3v) is 3.22. The van der Waals surface area contributed by atoms with Crippen molar-refractivity contribution in [2.75, 3.05) is 0 Å². The lowest BCUT2D eigenvalue weighted by molar-refractivity contribution is -0.291. The van der Waals surface area contributed by atoms with E-state index in [-0.39, 0.29) is 8.95 Å². The van der Waals surface area contributed by atoms with Gasteiger partial charge in [0.15, 0.2) is 0 Å². The highest BCUT2D eigenvalue weighted by molar-refractivity contribution is 9.11. The molecule has 0 aromatic heterocycles. The van der Waals surface area contributed by atoms with Crippen LogP contribution in [-0.4, -0.2) is 17.2 Å². The monoisotopic (exact) mass is 397 g/mol. The summed E-state index contributed by atoms with van der Waals surface area (Å²) in [5.74, 6) is -5.90. The van der Waals surface area contributed by atoms with E-state index < -0.39 is 29.5 Å². The third kappa shape index (κ3) is 2.77. The molecule has 0 aliphatic heterocycles. The number of phenolic OH excluding ortho intramolecular Hbond substituents is 1. The summed E-state index contributed by atoms with van der Waals surface area (Å²) in [6.07, 6.45) is -5.80. The second-order valence-corrected chi connectivity index (χ2v) is 5.19. The molecule has 9 heteroatoms. The molecule has 0 radical (unpaired) electrons. The number of rotatable bonds is 2. The summed E-state index contributed by atoms with van der Waals surface area (Å²) in [7, 11) is 0. The summed E-state index contributed by atoms with van der Waals surface area (Å²) in [4.78, 5) is 0. The minimum atomic E-state index is -5.80. The van der Waals surface area contributed by atoms with Gasteiger partial charge in [-0.15, -0.1) is 0 Å². The second-order valence-electron chi connectivity index (χ2n) is 3.42. The molecule has 1 aromatic carbocycles. The Hall–Kier alpha value is -0.410. The number of alkyl halides is 5. The van der Waals surface area contributed by atoms with Crippen LogP contribution < -0.4 is 5.73 Å². The van der Waals surface area contributed by atoms with E-state index in [1.54, 1.807) is 0 Å². The average molecular weight is 399 g/mol. The first-order chi connectivity index (χ1) is 7.98. The fourth-order valence-electron chi connectivity index (χ4n) is 1.19. The molecule has 3 N–H and O–H groups in total. The van der Waals surface area contributed by atoms with E-state index in [9.17, 15) is 27.1 Å². The molecule has 0 fully saturated rings. The van der Waals surface area contributed by atoms with Crippen LogP contribution in [0.3, 0.4) is 0 Å². The highest BCUT2D eigenvalue weighted by Crippen LogP contribution is 2.46. The van der Waals surface area contributed by atoms with Crippen molar-refractivity contribution in [3.63, 3.8) is 0 Å². The van der Waals surface area contributed by atoms with Gasteiger partial charge in [-0.2, -0.15) is 22.0 Å². The van der Waals surface area contributed by atoms with E-state index in [1.807, 2.05) is 0 Å². The first kappa shape index (κ1) is 15.6. The Labute approximate surface area is 115 Å². The van der Waals surface area contributed by atoms with Crippen LogP contribution in [0.1, 0.15) is 11.6 Å². The lowest BCUT2D eigenvalue weighted by atomic mass is 10.00. The van der Waals surface area contributed by atoms with Gasteiger partial charge in [0.05, 0.1) is 4.47 Å². The molecule has 0 heterocycles. The van der Waals surface area contributed by atoms with Crippen LogP contribution in [0.2, 0.25) is 0 Å². The average Bonchev–Trinajstić information content (AvgIpc) is 2.20. The number of nitrogens with two attached hydrogens (primary N) is 1. The lowest BCUT2D eigenvalue weighted by Gasteiger charge is -2.26. The molecule has 0 amide bonds. The molecule has 0 saturated heterocycles. The zero-order chi connectivity index (χ0) is 14.3. The maximum atomic E-state index is 13.1. The number of halogens is 7. The molecule has 1 atom stereocenters. The van der Waals surface area contributed by atoms with Gasteiger partial charge in [-0.25, -0.2) is 0 Å². The van der Waals surface area contributed by atoms with Gasteiger partial charge in [-0.05, 0) is 28.1 Å². The summed E-state index contributed by atoms with van der Waals surface area (Å²) in [5, 5.41) is 9.47. The van der Waals surface area contributed by atoms with Gasteiger partial charge >= 0.3 is 12.1 Å². The minimum Gasteiger partial charge on any atom is -0.506 e. The maximum Gasteiger partial charge on any atom is 0.455 e. The van der Waals surface area contributed by atoms with E-state index >= 15 is 0 Å². The standard InChI is InChI=1S/C9H6Br2F5NO/c10-3-1-4(6(18)5(11)2-3)7(17)8(12,13)9(14,15)16/h1-2,7,18H,17H2/t7-/m1/s1. The van der Waals surface area contributed by atoms with Crippen molar-refractivity contribution in [2.24, 2.45) is 5.73 Å². The van der Waals surface area contributed by atoms with Gasteiger partial charge in [0.1, 0.15) is 11.8 Å². The predicted molar refractivity (Wildman–Crippen MR) is 61.4 cm³/mol. The topological polar surface area (TPSA) is 46.2 Å². The highest BCUT2D eigenvalue weighted by atomic mass is 79.9. The van der Waals surface area contributed by atoms with Gasteiger partial charge in [0.25, 0.3) is 0 Å². The smallest absolute Gasteiger partial charge is 0.455 e. The Morgan fingerprint density at radius 3 is 2.06 bits per heavy atom. The zero-order valence-electron chi connectivity index (χ0n) is 8.40. The summed E-state index contributed by atoms with van der Waals surface area (Å²) in [5.41, 5.74) is 4.22. The van der Waals surface area contributed by atoms with Crippen molar-refractivity contribution < 1.29 is 27.1 Å². The Balaban J connectivity index is 3.31. The largest absolute Gasteiger partial charge is 0.506 e. The Kier molecular flexibility index (Phi) is 4.29. The van der Waals surface area contributed by atoms with E-state index in [1.165, 1.54) is 6.07 Å². The number of aromatic hydroxyl groups is 1. The minimum absolute atomic E-state index is 0.0414. The molecular formula is C9H6Br2F5NO. The van der Waals surface area contributed by atoms with Crippen molar-refractivity contribution in [1.29, 1.82) is 0 Å². The number of benzene rings is 1. The van der Waals surface area contributed by atoms with E-state index in [2.05, 4.69) is 31.9 Å². The summed E-state index contributed by atoms with van der Waals surface area (Å²) >= 11 is 5.73. The van der Waals surface area contributed by atoms with E-state index in [4.69, 9.17) is 5.73 Å². The number of phenols is 1. The first-order valence-electron chi connectivity index (χ1n) is 4.36. The van der Waals surface area contributed by atoms with Gasteiger partial charge in [0.2, 0.25) is 0 Å². The molecule has 0 aliphatic carbocycles. The van der Waals surface area contributed by atoms with E-state index in [0.29, 0.717) is 0 Å². The van der Waals surface area contributed by atoms with Crippen LogP contribution >= 0.6 is 31.9 Å². The third-order valence-electron chi connectivity index (χ3n) is 2.16. The second kappa shape index (κ2) is 4.93. The van der Waals surface area contributed by atoms with Crippen molar-refractivity contribution >= 4 is 31.9 Å². The van der Waals surface area contributed by atoms with Crippen LogP contribution in [0, 0.1) is 0 Å². The fraction of sp³-hybridized carbons (Fsp3) is 0.333. The van der Waals surface area contributed by atoms with Crippen molar-refractivity contribution in [1.82, 2.24) is 0 Å². The van der Waals surface area contributed by atoms with Gasteiger partial charge < -0.3 is 10.8 Å². The fourth-order valence-corrected chi connectivity index (χ4v) is 2.45. The van der Waals surface area contributed by atoms with Crippen molar-refractivity contribution in [3.05, 3.63) is 26.6 Å². The normalized spacial score (nSPS) is 14.7.